The number of pyridine rings is 1. The number of benzene rings is 1. The summed E-state index contributed by atoms with van der Waals surface area (Å²) in [6.07, 6.45) is 2.87. The molecule has 0 bridgehead atoms. The molecule has 0 aliphatic carbocycles. The Labute approximate surface area is 115 Å². The van der Waals surface area contributed by atoms with Gasteiger partial charge in [0, 0.05) is 22.8 Å². The van der Waals surface area contributed by atoms with E-state index in [0.29, 0.717) is 0 Å². The first-order valence-corrected chi connectivity index (χ1v) is 7.06. The molecule has 1 aliphatic heterocycles. The van der Waals surface area contributed by atoms with E-state index in [0.717, 1.165) is 11.3 Å². The number of nitrogens with two attached hydrogens (primary N) is 1. The number of hydrogen-bond donors (Lipinski definition) is 2. The smallest absolute Gasteiger partial charge is 0.141 e. The fourth-order valence-electron chi connectivity index (χ4n) is 2.51. The molecular formula is C14H14FN3S. The number of halogens is 1. The molecule has 5 heteroatoms. The highest BCUT2D eigenvalue weighted by Crippen LogP contribution is 2.45. The number of fused-ring (bicyclic) bond motifs is 1. The van der Waals surface area contributed by atoms with E-state index >= 15 is 0 Å². The zero-order chi connectivity index (χ0) is 13.2. The number of thioether (sulfide) groups is 1. The summed E-state index contributed by atoms with van der Waals surface area (Å²) in [6, 6.07) is 9.63. The minimum atomic E-state index is -0.336. The number of hydrazine groups is 1. The average molecular weight is 275 g/mol. The van der Waals surface area contributed by atoms with E-state index in [1.54, 1.807) is 6.20 Å². The second-order valence-electron chi connectivity index (χ2n) is 4.54. The lowest BCUT2D eigenvalue weighted by Crippen LogP contribution is -2.33. The van der Waals surface area contributed by atoms with Crippen LogP contribution in [0.25, 0.3) is 0 Å². The van der Waals surface area contributed by atoms with Crippen molar-refractivity contribution in [2.75, 3.05) is 5.75 Å². The summed E-state index contributed by atoms with van der Waals surface area (Å²) >= 11 is 1.81. The molecule has 2 heterocycles. The van der Waals surface area contributed by atoms with Crippen molar-refractivity contribution >= 4 is 11.8 Å². The highest BCUT2D eigenvalue weighted by atomic mass is 32.2. The Bertz CT molecular complexity index is 590. The van der Waals surface area contributed by atoms with Crippen LogP contribution in [0.3, 0.4) is 0 Å². The van der Waals surface area contributed by atoms with Gasteiger partial charge in [-0.2, -0.15) is 0 Å². The summed E-state index contributed by atoms with van der Waals surface area (Å²) < 4.78 is 13.3. The normalized spacial score (nSPS) is 19.2. The van der Waals surface area contributed by atoms with Crippen LogP contribution in [0.1, 0.15) is 23.1 Å². The number of nitrogens with zero attached hydrogens (tertiary/aromatic N) is 1. The van der Waals surface area contributed by atoms with Crippen LogP contribution in [0.4, 0.5) is 4.39 Å². The minimum Gasteiger partial charge on any atom is -0.271 e. The van der Waals surface area contributed by atoms with Crippen LogP contribution in [-0.4, -0.2) is 10.7 Å². The van der Waals surface area contributed by atoms with Crippen LogP contribution in [0.2, 0.25) is 0 Å². The summed E-state index contributed by atoms with van der Waals surface area (Å²) in [7, 11) is 0. The molecule has 2 atom stereocenters. The first-order valence-electron chi connectivity index (χ1n) is 6.08. The van der Waals surface area contributed by atoms with Gasteiger partial charge in [-0.15, -0.1) is 11.8 Å². The highest BCUT2D eigenvalue weighted by molar-refractivity contribution is 7.99. The summed E-state index contributed by atoms with van der Waals surface area (Å²) in [5.41, 5.74) is 4.85. The van der Waals surface area contributed by atoms with Crippen LogP contribution >= 0.6 is 11.8 Å². The van der Waals surface area contributed by atoms with Crippen molar-refractivity contribution in [1.82, 2.24) is 10.4 Å². The molecule has 1 aromatic carbocycles. The maximum absolute atomic E-state index is 13.3. The van der Waals surface area contributed by atoms with Crippen molar-refractivity contribution < 1.29 is 4.39 Å². The largest absolute Gasteiger partial charge is 0.271 e. The third-order valence-corrected chi connectivity index (χ3v) is 4.61. The Morgan fingerprint density at radius 2 is 2.21 bits per heavy atom. The lowest BCUT2D eigenvalue weighted by molar-refractivity contribution is 0.480. The standard InChI is InChI=1S/C14H14FN3S/c15-10-5-9(6-17-7-10)14(18-16)12-8-19-13-4-2-1-3-11(12)13/h1-7,12,14,18H,8,16H2. The zero-order valence-electron chi connectivity index (χ0n) is 10.2. The van der Waals surface area contributed by atoms with Crippen LogP contribution in [-0.2, 0) is 0 Å². The van der Waals surface area contributed by atoms with E-state index in [-0.39, 0.29) is 17.8 Å². The molecule has 98 valence electrons. The molecule has 19 heavy (non-hydrogen) atoms. The van der Waals surface area contributed by atoms with E-state index in [4.69, 9.17) is 5.84 Å². The van der Waals surface area contributed by atoms with Gasteiger partial charge in [-0.05, 0) is 23.3 Å². The molecule has 2 unspecified atom stereocenters. The van der Waals surface area contributed by atoms with Gasteiger partial charge in [-0.25, -0.2) is 4.39 Å². The van der Waals surface area contributed by atoms with Crippen molar-refractivity contribution in [3.8, 4) is 0 Å². The summed E-state index contributed by atoms with van der Waals surface area (Å²) in [5.74, 6) is 6.51. The Hall–Kier alpha value is -1.43. The molecule has 1 aliphatic rings. The van der Waals surface area contributed by atoms with E-state index in [1.807, 2.05) is 23.9 Å². The van der Waals surface area contributed by atoms with Crippen LogP contribution < -0.4 is 11.3 Å². The molecule has 0 saturated carbocycles. The second kappa shape index (κ2) is 5.28. The molecule has 3 rings (SSSR count). The third kappa shape index (κ3) is 2.36. The van der Waals surface area contributed by atoms with Gasteiger partial charge in [0.05, 0.1) is 12.2 Å². The quantitative estimate of drug-likeness (QED) is 0.668. The molecule has 0 saturated heterocycles. The number of aromatic nitrogens is 1. The molecule has 2 aromatic rings. The van der Waals surface area contributed by atoms with E-state index < -0.39 is 0 Å². The minimum absolute atomic E-state index is 0.126. The molecule has 0 fully saturated rings. The van der Waals surface area contributed by atoms with Gasteiger partial charge >= 0.3 is 0 Å². The van der Waals surface area contributed by atoms with Crippen LogP contribution in [0, 0.1) is 5.82 Å². The molecule has 0 amide bonds. The summed E-state index contributed by atoms with van der Waals surface area (Å²) in [6.45, 7) is 0. The highest BCUT2D eigenvalue weighted by Gasteiger charge is 2.30. The van der Waals surface area contributed by atoms with Crippen molar-refractivity contribution in [3.05, 3.63) is 59.7 Å². The lowest BCUT2D eigenvalue weighted by Gasteiger charge is -2.23. The van der Waals surface area contributed by atoms with Gasteiger partial charge in [0.1, 0.15) is 5.82 Å². The third-order valence-electron chi connectivity index (χ3n) is 3.40. The summed E-state index contributed by atoms with van der Waals surface area (Å²) in [5, 5.41) is 0. The fourth-order valence-corrected chi connectivity index (χ4v) is 3.80. The lowest BCUT2D eigenvalue weighted by atomic mass is 9.90. The average Bonchev–Trinajstić information content (AvgIpc) is 2.84. The number of rotatable bonds is 3. The Kier molecular flexibility index (Phi) is 3.50. The van der Waals surface area contributed by atoms with E-state index in [2.05, 4.69) is 22.5 Å². The van der Waals surface area contributed by atoms with E-state index in [9.17, 15) is 4.39 Å². The summed E-state index contributed by atoms with van der Waals surface area (Å²) in [4.78, 5) is 5.18. The first kappa shape index (κ1) is 12.6. The molecule has 0 spiro atoms. The van der Waals surface area contributed by atoms with Crippen molar-refractivity contribution in [2.24, 2.45) is 5.84 Å². The molecule has 1 aromatic heterocycles. The van der Waals surface area contributed by atoms with Crippen molar-refractivity contribution in [1.29, 1.82) is 0 Å². The molecule has 0 radical (unpaired) electrons. The Morgan fingerprint density at radius 3 is 3.00 bits per heavy atom. The monoisotopic (exact) mass is 275 g/mol. The van der Waals surface area contributed by atoms with Gasteiger partial charge in [-0.3, -0.25) is 16.3 Å². The molecule has 3 N–H and O–H groups in total. The number of nitrogens with one attached hydrogen (secondary N) is 1. The van der Waals surface area contributed by atoms with E-state index in [1.165, 1.54) is 22.7 Å². The van der Waals surface area contributed by atoms with Crippen molar-refractivity contribution in [3.63, 3.8) is 0 Å². The van der Waals surface area contributed by atoms with Gasteiger partial charge in [0.25, 0.3) is 0 Å². The molecule has 3 nitrogen and oxygen atoms in total. The predicted molar refractivity (Wildman–Crippen MR) is 74.2 cm³/mol. The maximum atomic E-state index is 13.3. The van der Waals surface area contributed by atoms with Gasteiger partial charge in [0.2, 0.25) is 0 Å². The fraction of sp³-hybridized carbons (Fsp3) is 0.214. The Morgan fingerprint density at radius 1 is 1.37 bits per heavy atom. The maximum Gasteiger partial charge on any atom is 0.141 e. The van der Waals surface area contributed by atoms with Gasteiger partial charge < -0.3 is 0 Å². The SMILES string of the molecule is NNC(c1cncc(F)c1)C1CSc2ccccc21. The topological polar surface area (TPSA) is 50.9 Å². The van der Waals surface area contributed by atoms with Crippen molar-refractivity contribution in [2.45, 2.75) is 16.9 Å². The Balaban J connectivity index is 1.96. The van der Waals surface area contributed by atoms with Crippen LogP contribution in [0.5, 0.6) is 0 Å². The van der Waals surface area contributed by atoms with Gasteiger partial charge in [-0.1, -0.05) is 18.2 Å². The van der Waals surface area contributed by atoms with Gasteiger partial charge in [0.15, 0.2) is 0 Å². The molecular weight excluding hydrogens is 261 g/mol. The second-order valence-corrected chi connectivity index (χ2v) is 5.60. The zero-order valence-corrected chi connectivity index (χ0v) is 11.0. The predicted octanol–water partition coefficient (Wildman–Crippen LogP) is 2.61. The number of hydrogen-bond acceptors (Lipinski definition) is 4. The van der Waals surface area contributed by atoms with Crippen LogP contribution in [0.15, 0.2) is 47.6 Å². The first-order chi connectivity index (χ1) is 9.29.